The lowest BCUT2D eigenvalue weighted by Crippen LogP contribution is -2.28. The Morgan fingerprint density at radius 3 is 3.00 bits per heavy atom. The van der Waals surface area contributed by atoms with Gasteiger partial charge >= 0.3 is 0 Å². The van der Waals surface area contributed by atoms with E-state index in [4.69, 9.17) is 16.3 Å². The number of hydrogen-bond donors (Lipinski definition) is 1. The van der Waals surface area contributed by atoms with E-state index in [1.807, 2.05) is 19.1 Å². The zero-order valence-electron chi connectivity index (χ0n) is 9.63. The second-order valence-electron chi connectivity index (χ2n) is 4.17. The molecule has 0 spiro atoms. The number of nitrogens with one attached hydrogen (secondary N) is 1. The van der Waals surface area contributed by atoms with Gasteiger partial charge in [0.15, 0.2) is 0 Å². The van der Waals surface area contributed by atoms with Gasteiger partial charge in [0.25, 0.3) is 0 Å². The topological polar surface area (TPSA) is 21.3 Å². The van der Waals surface area contributed by atoms with Gasteiger partial charge in [0.05, 0.1) is 11.6 Å². The highest BCUT2D eigenvalue weighted by Crippen LogP contribution is 2.31. The molecule has 1 saturated heterocycles. The third-order valence-electron chi connectivity index (χ3n) is 3.02. The second kappa shape index (κ2) is 5.55. The lowest BCUT2D eigenvalue weighted by Gasteiger charge is -2.23. The van der Waals surface area contributed by atoms with Gasteiger partial charge in [0, 0.05) is 6.54 Å². The van der Waals surface area contributed by atoms with Crippen LogP contribution in [0.1, 0.15) is 31.2 Å². The van der Waals surface area contributed by atoms with Crippen molar-refractivity contribution in [2.24, 2.45) is 0 Å². The molecule has 88 valence electrons. The molecule has 1 atom stereocenters. The molecule has 2 nitrogen and oxygen atoms in total. The van der Waals surface area contributed by atoms with Crippen molar-refractivity contribution >= 4 is 11.6 Å². The summed E-state index contributed by atoms with van der Waals surface area (Å²) < 4.78 is 5.43. The molecule has 0 radical (unpaired) electrons. The Balaban J connectivity index is 2.13. The lowest BCUT2D eigenvalue weighted by atomic mass is 9.92. The van der Waals surface area contributed by atoms with Crippen LogP contribution in [-0.2, 0) is 0 Å². The van der Waals surface area contributed by atoms with Gasteiger partial charge in [-0.05, 0) is 49.9 Å². The molecule has 1 unspecified atom stereocenters. The summed E-state index contributed by atoms with van der Waals surface area (Å²) >= 11 is 6.18. The standard InChI is InChI=1S/C13H18ClNO/c1-2-16-13-6-5-10(8-12(13)14)11-4-3-7-15-9-11/h5-6,8,11,15H,2-4,7,9H2,1H3. The predicted molar refractivity (Wildman–Crippen MR) is 67.5 cm³/mol. The summed E-state index contributed by atoms with van der Waals surface area (Å²) in [5.74, 6) is 1.39. The first kappa shape index (κ1) is 11.7. The second-order valence-corrected chi connectivity index (χ2v) is 4.57. The first-order valence-electron chi connectivity index (χ1n) is 5.94. The maximum atomic E-state index is 6.18. The molecular formula is C13H18ClNO. The SMILES string of the molecule is CCOc1ccc(C2CCCNC2)cc1Cl. The number of ether oxygens (including phenoxy) is 1. The van der Waals surface area contributed by atoms with E-state index in [9.17, 15) is 0 Å². The molecule has 1 aromatic carbocycles. The number of piperidine rings is 1. The van der Waals surface area contributed by atoms with E-state index in [1.165, 1.54) is 18.4 Å². The van der Waals surface area contributed by atoms with Crippen LogP contribution >= 0.6 is 11.6 Å². The van der Waals surface area contributed by atoms with Crippen molar-refractivity contribution in [2.45, 2.75) is 25.7 Å². The van der Waals surface area contributed by atoms with Crippen molar-refractivity contribution in [1.29, 1.82) is 0 Å². The molecule has 0 aromatic heterocycles. The fourth-order valence-electron chi connectivity index (χ4n) is 2.18. The van der Waals surface area contributed by atoms with Gasteiger partial charge in [-0.3, -0.25) is 0 Å². The summed E-state index contributed by atoms with van der Waals surface area (Å²) in [4.78, 5) is 0. The Hall–Kier alpha value is -0.730. The Morgan fingerprint density at radius 2 is 2.38 bits per heavy atom. The highest BCUT2D eigenvalue weighted by Gasteiger charge is 2.16. The number of benzene rings is 1. The molecule has 1 heterocycles. The van der Waals surface area contributed by atoms with Gasteiger partial charge < -0.3 is 10.1 Å². The minimum atomic E-state index is 0.599. The molecular weight excluding hydrogens is 222 g/mol. The van der Waals surface area contributed by atoms with E-state index in [-0.39, 0.29) is 0 Å². The van der Waals surface area contributed by atoms with Gasteiger partial charge in [-0.15, -0.1) is 0 Å². The molecule has 2 rings (SSSR count). The summed E-state index contributed by atoms with van der Waals surface area (Å²) in [6.07, 6.45) is 2.49. The average molecular weight is 240 g/mol. The Morgan fingerprint density at radius 1 is 1.50 bits per heavy atom. The molecule has 0 saturated carbocycles. The molecule has 1 aromatic rings. The van der Waals surface area contributed by atoms with Gasteiger partial charge in [-0.1, -0.05) is 17.7 Å². The summed E-state index contributed by atoms with van der Waals surface area (Å²) in [5.41, 5.74) is 1.32. The molecule has 0 bridgehead atoms. The average Bonchev–Trinajstić information content (AvgIpc) is 2.33. The van der Waals surface area contributed by atoms with E-state index in [1.54, 1.807) is 0 Å². The summed E-state index contributed by atoms with van der Waals surface area (Å²) in [7, 11) is 0. The van der Waals surface area contributed by atoms with Crippen molar-refractivity contribution < 1.29 is 4.74 Å². The van der Waals surface area contributed by atoms with Crippen LogP contribution < -0.4 is 10.1 Å². The van der Waals surface area contributed by atoms with E-state index in [2.05, 4.69) is 11.4 Å². The van der Waals surface area contributed by atoms with Gasteiger partial charge in [0.1, 0.15) is 5.75 Å². The summed E-state index contributed by atoms with van der Waals surface area (Å²) in [5, 5.41) is 4.14. The molecule has 1 N–H and O–H groups in total. The van der Waals surface area contributed by atoms with E-state index < -0.39 is 0 Å². The van der Waals surface area contributed by atoms with Crippen molar-refractivity contribution in [3.8, 4) is 5.75 Å². The van der Waals surface area contributed by atoms with Crippen LogP contribution in [0.25, 0.3) is 0 Å². The van der Waals surface area contributed by atoms with Crippen LogP contribution in [0.5, 0.6) is 5.75 Å². The fraction of sp³-hybridized carbons (Fsp3) is 0.538. The number of hydrogen-bond acceptors (Lipinski definition) is 2. The molecule has 1 aliphatic rings. The van der Waals surface area contributed by atoms with Crippen LogP contribution in [0.2, 0.25) is 5.02 Å². The van der Waals surface area contributed by atoms with Crippen LogP contribution in [0.4, 0.5) is 0 Å². The van der Waals surface area contributed by atoms with Crippen LogP contribution in [-0.4, -0.2) is 19.7 Å². The summed E-state index contributed by atoms with van der Waals surface area (Å²) in [6, 6.07) is 6.16. The van der Waals surface area contributed by atoms with Gasteiger partial charge in [0.2, 0.25) is 0 Å². The third kappa shape index (κ3) is 2.69. The molecule has 1 aliphatic heterocycles. The fourth-order valence-corrected chi connectivity index (χ4v) is 2.42. The maximum Gasteiger partial charge on any atom is 0.137 e. The first-order valence-corrected chi connectivity index (χ1v) is 6.32. The van der Waals surface area contributed by atoms with Crippen LogP contribution in [0.3, 0.4) is 0 Å². The minimum absolute atomic E-state index is 0.599. The van der Waals surface area contributed by atoms with Gasteiger partial charge in [-0.25, -0.2) is 0 Å². The largest absolute Gasteiger partial charge is 0.492 e. The molecule has 0 aliphatic carbocycles. The van der Waals surface area contributed by atoms with Crippen molar-refractivity contribution in [3.05, 3.63) is 28.8 Å². The zero-order chi connectivity index (χ0) is 11.4. The van der Waals surface area contributed by atoms with Crippen molar-refractivity contribution in [3.63, 3.8) is 0 Å². The molecule has 0 amide bonds. The lowest BCUT2D eigenvalue weighted by molar-refractivity contribution is 0.340. The van der Waals surface area contributed by atoms with Crippen LogP contribution in [0, 0.1) is 0 Å². The normalized spacial score (nSPS) is 20.8. The minimum Gasteiger partial charge on any atom is -0.492 e. The van der Waals surface area contributed by atoms with Crippen LogP contribution in [0.15, 0.2) is 18.2 Å². The summed E-state index contributed by atoms with van der Waals surface area (Å²) in [6.45, 7) is 4.82. The smallest absolute Gasteiger partial charge is 0.137 e. The Bertz CT molecular complexity index is 348. The first-order chi connectivity index (χ1) is 7.81. The van der Waals surface area contributed by atoms with Gasteiger partial charge in [-0.2, -0.15) is 0 Å². The van der Waals surface area contributed by atoms with E-state index in [0.29, 0.717) is 12.5 Å². The van der Waals surface area contributed by atoms with E-state index >= 15 is 0 Å². The number of rotatable bonds is 3. The molecule has 16 heavy (non-hydrogen) atoms. The van der Waals surface area contributed by atoms with Crippen molar-refractivity contribution in [2.75, 3.05) is 19.7 Å². The van der Waals surface area contributed by atoms with E-state index in [0.717, 1.165) is 23.9 Å². The Labute approximate surface area is 102 Å². The predicted octanol–water partition coefficient (Wildman–Crippen LogP) is 3.21. The molecule has 3 heteroatoms. The Kier molecular flexibility index (Phi) is 4.08. The zero-order valence-corrected chi connectivity index (χ0v) is 10.4. The third-order valence-corrected chi connectivity index (χ3v) is 3.32. The van der Waals surface area contributed by atoms with Crippen molar-refractivity contribution in [1.82, 2.24) is 5.32 Å². The maximum absolute atomic E-state index is 6.18. The number of halogens is 1. The molecule has 1 fully saturated rings. The highest BCUT2D eigenvalue weighted by molar-refractivity contribution is 6.32. The quantitative estimate of drug-likeness (QED) is 0.875. The monoisotopic (exact) mass is 239 g/mol. The highest BCUT2D eigenvalue weighted by atomic mass is 35.5.